The van der Waals surface area contributed by atoms with Gasteiger partial charge in [0, 0.05) is 13.2 Å². The van der Waals surface area contributed by atoms with Gasteiger partial charge in [0.1, 0.15) is 29.1 Å². The molecule has 0 aromatic carbocycles. The van der Waals surface area contributed by atoms with Crippen LogP contribution in [0, 0.1) is 11.3 Å². The Balaban J connectivity index is 2.71. The number of nitriles is 1. The molecular weight excluding hydrogens is 238 g/mol. The zero-order chi connectivity index (χ0) is 12.0. The number of nitrogens with zero attached hydrogens (tertiary/aromatic N) is 5. The van der Waals surface area contributed by atoms with E-state index in [1.54, 1.807) is 16.8 Å². The van der Waals surface area contributed by atoms with Crippen molar-refractivity contribution >= 4 is 33.7 Å². The SMILES string of the molecule is Cn1c2nccc(C#N)c2c2ncnc(Cl)c21. The maximum atomic E-state index is 9.11. The third kappa shape index (κ3) is 1.22. The van der Waals surface area contributed by atoms with Crippen LogP contribution in [0.25, 0.3) is 22.1 Å². The van der Waals surface area contributed by atoms with Gasteiger partial charge in [0.05, 0.1) is 10.9 Å². The van der Waals surface area contributed by atoms with E-state index in [9.17, 15) is 0 Å². The van der Waals surface area contributed by atoms with E-state index in [4.69, 9.17) is 16.9 Å². The number of pyridine rings is 1. The monoisotopic (exact) mass is 243 g/mol. The molecule has 0 unspecified atom stereocenters. The van der Waals surface area contributed by atoms with E-state index in [-0.39, 0.29) is 0 Å². The normalized spacial score (nSPS) is 10.9. The van der Waals surface area contributed by atoms with Crippen molar-refractivity contribution in [2.75, 3.05) is 0 Å². The lowest BCUT2D eigenvalue weighted by Crippen LogP contribution is -1.91. The van der Waals surface area contributed by atoms with Gasteiger partial charge < -0.3 is 4.57 Å². The Kier molecular flexibility index (Phi) is 2.00. The molecule has 0 aliphatic rings. The highest BCUT2D eigenvalue weighted by molar-refractivity contribution is 6.34. The van der Waals surface area contributed by atoms with Gasteiger partial charge in [-0.05, 0) is 6.07 Å². The summed E-state index contributed by atoms with van der Waals surface area (Å²) in [4.78, 5) is 12.4. The predicted molar refractivity (Wildman–Crippen MR) is 63.5 cm³/mol. The first-order chi connectivity index (χ1) is 8.24. The first-order valence-electron chi connectivity index (χ1n) is 4.87. The van der Waals surface area contributed by atoms with Gasteiger partial charge in [-0.1, -0.05) is 11.6 Å². The van der Waals surface area contributed by atoms with Crippen molar-refractivity contribution in [2.45, 2.75) is 0 Å². The van der Waals surface area contributed by atoms with Crippen molar-refractivity contribution in [1.29, 1.82) is 5.26 Å². The van der Waals surface area contributed by atoms with Gasteiger partial charge in [0.15, 0.2) is 5.15 Å². The van der Waals surface area contributed by atoms with E-state index in [1.165, 1.54) is 6.33 Å². The maximum Gasteiger partial charge on any atom is 0.156 e. The van der Waals surface area contributed by atoms with Crippen LogP contribution in [0.5, 0.6) is 0 Å². The number of hydrogen-bond donors (Lipinski definition) is 0. The van der Waals surface area contributed by atoms with E-state index in [2.05, 4.69) is 21.0 Å². The molecule has 17 heavy (non-hydrogen) atoms. The Bertz CT molecular complexity index is 784. The minimum absolute atomic E-state index is 0.361. The van der Waals surface area contributed by atoms with Crippen LogP contribution in [-0.2, 0) is 7.05 Å². The van der Waals surface area contributed by atoms with Crippen molar-refractivity contribution in [3.8, 4) is 6.07 Å². The molecule has 3 aromatic rings. The van der Waals surface area contributed by atoms with E-state index in [0.29, 0.717) is 27.4 Å². The number of fused-ring (bicyclic) bond motifs is 3. The lowest BCUT2D eigenvalue weighted by molar-refractivity contribution is 0.981. The quantitative estimate of drug-likeness (QED) is 0.567. The molecule has 0 aliphatic heterocycles. The molecule has 0 bridgehead atoms. The molecule has 82 valence electrons. The zero-order valence-corrected chi connectivity index (χ0v) is 9.60. The summed E-state index contributed by atoms with van der Waals surface area (Å²) >= 11 is 6.05. The van der Waals surface area contributed by atoms with Crippen molar-refractivity contribution in [1.82, 2.24) is 19.5 Å². The number of halogens is 1. The molecule has 3 rings (SSSR count). The van der Waals surface area contributed by atoms with Gasteiger partial charge in [0.2, 0.25) is 0 Å². The van der Waals surface area contributed by atoms with Gasteiger partial charge in [-0.2, -0.15) is 5.26 Å². The lowest BCUT2D eigenvalue weighted by Gasteiger charge is -1.96. The summed E-state index contributed by atoms with van der Waals surface area (Å²) in [5.41, 5.74) is 2.57. The summed E-state index contributed by atoms with van der Waals surface area (Å²) in [5.74, 6) is 0. The highest BCUT2D eigenvalue weighted by atomic mass is 35.5. The van der Waals surface area contributed by atoms with E-state index < -0.39 is 0 Å². The number of aryl methyl sites for hydroxylation is 1. The van der Waals surface area contributed by atoms with Gasteiger partial charge in [-0.3, -0.25) is 0 Å². The molecule has 0 fully saturated rings. The smallest absolute Gasteiger partial charge is 0.156 e. The van der Waals surface area contributed by atoms with Crippen molar-refractivity contribution in [3.63, 3.8) is 0 Å². The molecular formula is C11H6ClN5. The predicted octanol–water partition coefficient (Wildman–Crippen LogP) is 2.04. The molecule has 0 aliphatic carbocycles. The second-order valence-corrected chi connectivity index (χ2v) is 3.95. The molecule has 0 spiro atoms. The van der Waals surface area contributed by atoms with Crippen LogP contribution in [0.4, 0.5) is 0 Å². The molecule has 0 saturated carbocycles. The fourth-order valence-electron chi connectivity index (χ4n) is 1.98. The van der Waals surface area contributed by atoms with Crippen molar-refractivity contribution in [2.24, 2.45) is 7.05 Å². The van der Waals surface area contributed by atoms with E-state index in [0.717, 1.165) is 5.39 Å². The highest BCUT2D eigenvalue weighted by Gasteiger charge is 2.16. The zero-order valence-electron chi connectivity index (χ0n) is 8.85. The third-order valence-electron chi connectivity index (χ3n) is 2.72. The van der Waals surface area contributed by atoms with Crippen LogP contribution in [-0.4, -0.2) is 19.5 Å². The summed E-state index contributed by atoms with van der Waals surface area (Å²) in [5, 5.41) is 10.2. The average Bonchev–Trinajstić information content (AvgIpc) is 2.65. The summed E-state index contributed by atoms with van der Waals surface area (Å²) in [6, 6.07) is 3.80. The van der Waals surface area contributed by atoms with Gasteiger partial charge in [0.25, 0.3) is 0 Å². The van der Waals surface area contributed by atoms with Crippen molar-refractivity contribution < 1.29 is 0 Å². The number of aromatic nitrogens is 4. The minimum Gasteiger partial charge on any atom is -0.324 e. The van der Waals surface area contributed by atoms with Gasteiger partial charge in [-0.15, -0.1) is 0 Å². The van der Waals surface area contributed by atoms with Crippen LogP contribution in [0.3, 0.4) is 0 Å². The molecule has 0 N–H and O–H groups in total. The fraction of sp³-hybridized carbons (Fsp3) is 0.0909. The van der Waals surface area contributed by atoms with Crippen LogP contribution in [0.2, 0.25) is 5.15 Å². The molecule has 0 radical (unpaired) electrons. The average molecular weight is 244 g/mol. The molecule has 3 heterocycles. The van der Waals surface area contributed by atoms with Crippen molar-refractivity contribution in [3.05, 3.63) is 29.3 Å². The first-order valence-corrected chi connectivity index (χ1v) is 5.25. The topological polar surface area (TPSA) is 67.4 Å². The first kappa shape index (κ1) is 10.00. The van der Waals surface area contributed by atoms with Crippen LogP contribution < -0.4 is 0 Å². The Morgan fingerprint density at radius 3 is 2.94 bits per heavy atom. The summed E-state index contributed by atoms with van der Waals surface area (Å²) in [6.07, 6.45) is 2.99. The highest BCUT2D eigenvalue weighted by Crippen LogP contribution is 2.30. The van der Waals surface area contributed by atoms with Gasteiger partial charge >= 0.3 is 0 Å². The van der Waals surface area contributed by atoms with E-state index in [1.807, 2.05) is 7.05 Å². The summed E-state index contributed by atoms with van der Waals surface area (Å²) in [6.45, 7) is 0. The van der Waals surface area contributed by atoms with Crippen LogP contribution in [0.15, 0.2) is 18.6 Å². The maximum absolute atomic E-state index is 9.11. The Hall–Kier alpha value is -2.19. The number of hydrogen-bond acceptors (Lipinski definition) is 4. The lowest BCUT2D eigenvalue weighted by atomic mass is 10.2. The molecule has 6 heteroatoms. The second kappa shape index (κ2) is 3.40. The van der Waals surface area contributed by atoms with E-state index >= 15 is 0 Å². The Morgan fingerprint density at radius 2 is 2.18 bits per heavy atom. The van der Waals surface area contributed by atoms with Crippen LogP contribution >= 0.6 is 11.6 Å². The minimum atomic E-state index is 0.361. The largest absolute Gasteiger partial charge is 0.324 e. The third-order valence-corrected chi connectivity index (χ3v) is 3.00. The standard InChI is InChI=1S/C11H6ClN5/c1-17-9-8(15-5-16-10(9)12)7-6(4-13)2-3-14-11(7)17/h2-3,5H,1H3. The molecule has 0 atom stereocenters. The molecule has 3 aromatic heterocycles. The summed E-state index contributed by atoms with van der Waals surface area (Å²) in [7, 11) is 1.83. The Labute approximate surface area is 101 Å². The Morgan fingerprint density at radius 1 is 1.35 bits per heavy atom. The molecule has 0 saturated heterocycles. The fourth-order valence-corrected chi connectivity index (χ4v) is 2.23. The second-order valence-electron chi connectivity index (χ2n) is 3.59. The summed E-state index contributed by atoms with van der Waals surface area (Å²) < 4.78 is 1.80. The molecule has 0 amide bonds. The van der Waals surface area contributed by atoms with Crippen LogP contribution in [0.1, 0.15) is 5.56 Å². The number of rotatable bonds is 0. The molecule has 5 nitrogen and oxygen atoms in total. The van der Waals surface area contributed by atoms with Gasteiger partial charge in [-0.25, -0.2) is 15.0 Å².